The van der Waals surface area contributed by atoms with E-state index in [9.17, 15) is 15.2 Å². The number of anilines is 1. The van der Waals surface area contributed by atoms with Crippen LogP contribution in [0.5, 0.6) is 5.88 Å². The zero-order valence-electron chi connectivity index (χ0n) is 11.9. The zero-order valence-corrected chi connectivity index (χ0v) is 11.9. The maximum atomic E-state index is 11.3. The Hall–Kier alpha value is -2.00. The van der Waals surface area contributed by atoms with Crippen LogP contribution in [0, 0.1) is 10.1 Å². The highest BCUT2D eigenvalue weighted by atomic mass is 16.6. The van der Waals surface area contributed by atoms with Crippen molar-refractivity contribution in [1.82, 2.24) is 15.3 Å². The van der Waals surface area contributed by atoms with Crippen LogP contribution < -0.4 is 15.0 Å². The lowest BCUT2D eigenvalue weighted by atomic mass is 10.2. The van der Waals surface area contributed by atoms with E-state index in [1.165, 1.54) is 13.4 Å². The molecule has 1 saturated heterocycles. The third kappa shape index (κ3) is 3.56. The number of nitrogens with zero attached hydrogens (tertiary/aromatic N) is 4. The summed E-state index contributed by atoms with van der Waals surface area (Å²) in [6.07, 6.45) is 3.30. The summed E-state index contributed by atoms with van der Waals surface area (Å²) >= 11 is 0. The van der Waals surface area contributed by atoms with Gasteiger partial charge in [0.1, 0.15) is 6.33 Å². The number of aromatic nitrogens is 2. The molecule has 0 amide bonds. The Balaban J connectivity index is 2.31. The molecule has 9 heteroatoms. The Kier molecular flexibility index (Phi) is 5.23. The van der Waals surface area contributed by atoms with Crippen LogP contribution in [0.4, 0.5) is 11.5 Å². The standard InChI is InChI=1S/C12H19N5O4/c1-21-12-10(17(19)20)11(14-8-15-12)16(5-6-18)7-9-3-2-4-13-9/h8-9,13,18H,2-7H2,1H3. The van der Waals surface area contributed by atoms with E-state index < -0.39 is 4.92 Å². The minimum absolute atomic E-state index is 0.0766. The van der Waals surface area contributed by atoms with Crippen LogP contribution >= 0.6 is 0 Å². The summed E-state index contributed by atoms with van der Waals surface area (Å²) in [6.45, 7) is 1.63. The second-order valence-corrected chi connectivity index (χ2v) is 4.78. The highest BCUT2D eigenvalue weighted by Crippen LogP contribution is 2.33. The molecule has 1 aliphatic heterocycles. The Bertz CT molecular complexity index is 493. The predicted molar refractivity (Wildman–Crippen MR) is 75.6 cm³/mol. The van der Waals surface area contributed by atoms with E-state index in [4.69, 9.17) is 4.74 Å². The predicted octanol–water partition coefficient (Wildman–Crippen LogP) is -0.0559. The van der Waals surface area contributed by atoms with Crippen molar-refractivity contribution in [3.8, 4) is 5.88 Å². The monoisotopic (exact) mass is 297 g/mol. The SMILES string of the molecule is COc1ncnc(N(CCO)CC2CCCN2)c1[N+](=O)[O-]. The van der Waals surface area contributed by atoms with Crippen molar-refractivity contribution in [2.24, 2.45) is 0 Å². The van der Waals surface area contributed by atoms with E-state index in [1.54, 1.807) is 4.90 Å². The maximum Gasteiger partial charge on any atom is 0.372 e. The number of hydrogen-bond acceptors (Lipinski definition) is 8. The molecular weight excluding hydrogens is 278 g/mol. The largest absolute Gasteiger partial charge is 0.476 e. The van der Waals surface area contributed by atoms with Crippen LogP contribution in [0.25, 0.3) is 0 Å². The molecule has 0 aromatic carbocycles. The van der Waals surface area contributed by atoms with E-state index in [1.807, 2.05) is 0 Å². The third-order valence-corrected chi connectivity index (χ3v) is 3.42. The first kappa shape index (κ1) is 15.4. The van der Waals surface area contributed by atoms with E-state index in [0.717, 1.165) is 19.4 Å². The molecule has 1 aromatic rings. The van der Waals surface area contributed by atoms with E-state index in [-0.39, 0.29) is 36.6 Å². The van der Waals surface area contributed by atoms with Crippen molar-refractivity contribution in [2.75, 3.05) is 38.3 Å². The average molecular weight is 297 g/mol. The molecule has 0 aliphatic carbocycles. The minimum Gasteiger partial charge on any atom is -0.476 e. The summed E-state index contributed by atoms with van der Waals surface area (Å²) in [5, 5.41) is 23.8. The molecule has 0 radical (unpaired) electrons. The Morgan fingerprint density at radius 2 is 2.43 bits per heavy atom. The first-order valence-corrected chi connectivity index (χ1v) is 6.80. The van der Waals surface area contributed by atoms with Gasteiger partial charge in [0, 0.05) is 19.1 Å². The lowest BCUT2D eigenvalue weighted by molar-refractivity contribution is -0.385. The molecular formula is C12H19N5O4. The lowest BCUT2D eigenvalue weighted by Crippen LogP contribution is -2.39. The zero-order chi connectivity index (χ0) is 15.2. The van der Waals surface area contributed by atoms with E-state index >= 15 is 0 Å². The van der Waals surface area contributed by atoms with Gasteiger partial charge < -0.3 is 20.1 Å². The molecule has 1 atom stereocenters. The quantitative estimate of drug-likeness (QED) is 0.531. The van der Waals surface area contributed by atoms with Gasteiger partial charge in [0.2, 0.25) is 5.82 Å². The first-order chi connectivity index (χ1) is 10.2. The van der Waals surface area contributed by atoms with Crippen LogP contribution in [-0.2, 0) is 0 Å². The van der Waals surface area contributed by atoms with Gasteiger partial charge in [-0.25, -0.2) is 4.98 Å². The van der Waals surface area contributed by atoms with Crippen molar-refractivity contribution in [3.05, 3.63) is 16.4 Å². The molecule has 1 aromatic heterocycles. The van der Waals surface area contributed by atoms with Crippen molar-refractivity contribution < 1.29 is 14.8 Å². The molecule has 1 unspecified atom stereocenters. The van der Waals surface area contributed by atoms with Crippen molar-refractivity contribution in [2.45, 2.75) is 18.9 Å². The molecule has 116 valence electrons. The molecule has 1 aliphatic rings. The Labute approximate surface area is 122 Å². The summed E-state index contributed by atoms with van der Waals surface area (Å²) in [4.78, 5) is 20.2. The van der Waals surface area contributed by atoms with E-state index in [0.29, 0.717) is 6.54 Å². The van der Waals surface area contributed by atoms with Gasteiger partial charge in [0.05, 0.1) is 18.6 Å². The smallest absolute Gasteiger partial charge is 0.372 e. The van der Waals surface area contributed by atoms with Gasteiger partial charge in [-0.05, 0) is 19.4 Å². The highest BCUT2D eigenvalue weighted by molar-refractivity contribution is 5.62. The number of nitrogens with one attached hydrogen (secondary N) is 1. The number of nitro groups is 1. The molecule has 0 spiro atoms. The fraction of sp³-hybridized carbons (Fsp3) is 0.667. The highest BCUT2D eigenvalue weighted by Gasteiger charge is 2.29. The summed E-state index contributed by atoms with van der Waals surface area (Å²) in [5.74, 6) is 0.0990. The van der Waals surface area contributed by atoms with Gasteiger partial charge in [0.15, 0.2) is 0 Å². The molecule has 2 rings (SSSR count). The summed E-state index contributed by atoms with van der Waals surface area (Å²) < 4.78 is 4.95. The van der Waals surface area contributed by atoms with Gasteiger partial charge in [-0.3, -0.25) is 10.1 Å². The van der Waals surface area contributed by atoms with Crippen molar-refractivity contribution in [1.29, 1.82) is 0 Å². The topological polar surface area (TPSA) is 114 Å². The van der Waals surface area contributed by atoms with Crippen LogP contribution in [0.15, 0.2) is 6.33 Å². The number of hydrogen-bond donors (Lipinski definition) is 2. The molecule has 2 heterocycles. The van der Waals surface area contributed by atoms with Gasteiger partial charge in [0.25, 0.3) is 5.88 Å². The minimum atomic E-state index is -0.555. The number of methoxy groups -OCH3 is 1. The molecule has 0 bridgehead atoms. The van der Waals surface area contributed by atoms with Gasteiger partial charge >= 0.3 is 5.69 Å². The van der Waals surface area contributed by atoms with Crippen molar-refractivity contribution in [3.63, 3.8) is 0 Å². The Morgan fingerprint density at radius 1 is 1.62 bits per heavy atom. The molecule has 21 heavy (non-hydrogen) atoms. The molecule has 9 nitrogen and oxygen atoms in total. The molecule has 0 saturated carbocycles. The van der Waals surface area contributed by atoms with Crippen LogP contribution in [-0.4, -0.2) is 59.4 Å². The van der Waals surface area contributed by atoms with Crippen LogP contribution in [0.1, 0.15) is 12.8 Å². The summed E-state index contributed by atoms with van der Waals surface area (Å²) in [7, 11) is 1.33. The fourth-order valence-electron chi connectivity index (χ4n) is 2.48. The van der Waals surface area contributed by atoms with Gasteiger partial charge in [-0.1, -0.05) is 0 Å². The number of aliphatic hydroxyl groups excluding tert-OH is 1. The number of aliphatic hydroxyl groups is 1. The average Bonchev–Trinajstić information content (AvgIpc) is 2.98. The third-order valence-electron chi connectivity index (χ3n) is 3.42. The van der Waals surface area contributed by atoms with Crippen LogP contribution in [0.3, 0.4) is 0 Å². The van der Waals surface area contributed by atoms with Gasteiger partial charge in [-0.15, -0.1) is 0 Å². The number of ether oxygens (including phenoxy) is 1. The maximum absolute atomic E-state index is 11.3. The normalized spacial score (nSPS) is 17.7. The summed E-state index contributed by atoms with van der Waals surface area (Å²) in [5.41, 5.74) is -0.272. The summed E-state index contributed by atoms with van der Waals surface area (Å²) in [6, 6.07) is 0.233. The second-order valence-electron chi connectivity index (χ2n) is 4.78. The number of rotatable bonds is 7. The fourth-order valence-corrected chi connectivity index (χ4v) is 2.48. The van der Waals surface area contributed by atoms with Gasteiger partial charge in [-0.2, -0.15) is 4.98 Å². The Morgan fingerprint density at radius 3 is 3.00 bits per heavy atom. The van der Waals surface area contributed by atoms with Crippen molar-refractivity contribution >= 4 is 11.5 Å². The second kappa shape index (κ2) is 7.14. The molecule has 1 fully saturated rings. The lowest BCUT2D eigenvalue weighted by Gasteiger charge is -2.25. The molecule has 2 N–H and O–H groups in total. The van der Waals surface area contributed by atoms with Crippen LogP contribution in [0.2, 0.25) is 0 Å². The van der Waals surface area contributed by atoms with E-state index in [2.05, 4.69) is 15.3 Å². The first-order valence-electron chi connectivity index (χ1n) is 6.80.